The maximum Gasteiger partial charge on any atom is 0.236 e. The number of likely N-dealkylation sites (tertiary alicyclic amines) is 1. The second-order valence-electron chi connectivity index (χ2n) is 10.2. The highest BCUT2D eigenvalue weighted by Crippen LogP contribution is 2.47. The minimum Gasteiger partial charge on any atom is -0.341 e. The first kappa shape index (κ1) is 22.0. The molecule has 1 N–H and O–H groups in total. The molecule has 2 amide bonds. The van der Waals surface area contributed by atoms with Crippen LogP contribution < -0.4 is 5.32 Å². The Bertz CT molecular complexity index is 1590. The largest absolute Gasteiger partial charge is 0.341 e. The summed E-state index contributed by atoms with van der Waals surface area (Å²) in [4.78, 5) is 50.6. The number of fused-ring (bicyclic) bond motifs is 3. The van der Waals surface area contributed by atoms with Crippen molar-refractivity contribution in [3.63, 3.8) is 0 Å². The molecule has 1 spiro atoms. The highest BCUT2D eigenvalue weighted by Gasteiger charge is 2.53. The standard InChI is InChI=1S/C27H26N8O2/c1-3-35-23(18-11-28-15(2)29-12-18)33-22-21(30-14-31-24(22)35)17-6-7-20-19(10-17)27(26(37)32-20)8-9-34(13-27)25(36)16-4-5-16/h6-7,10-12,14,16H,3-5,8-9,13H2,1-2H3,(H,32,37). The maximum absolute atomic E-state index is 13.2. The summed E-state index contributed by atoms with van der Waals surface area (Å²) in [5.41, 5.74) is 4.79. The molecule has 1 atom stereocenters. The molecule has 5 heterocycles. The first-order chi connectivity index (χ1) is 18.0. The molecule has 4 aromatic rings. The number of benzene rings is 1. The minimum absolute atomic E-state index is 0.0319. The number of nitrogens with zero attached hydrogens (tertiary/aromatic N) is 7. The fourth-order valence-corrected chi connectivity index (χ4v) is 5.73. The predicted molar refractivity (Wildman–Crippen MR) is 136 cm³/mol. The SMILES string of the molecule is CCn1c(-c2cnc(C)nc2)nc2c(-c3ccc4c(c3)C3(CCN(C(=O)C5CC5)C3)C(=O)N4)ncnc21. The van der Waals surface area contributed by atoms with E-state index in [0.717, 1.165) is 46.7 Å². The van der Waals surface area contributed by atoms with Crippen molar-refractivity contribution in [1.82, 2.24) is 34.4 Å². The van der Waals surface area contributed by atoms with E-state index in [1.807, 2.05) is 41.5 Å². The third-order valence-electron chi connectivity index (χ3n) is 7.89. The van der Waals surface area contributed by atoms with E-state index >= 15 is 0 Å². The topological polar surface area (TPSA) is 119 Å². The number of nitrogens with one attached hydrogen (secondary N) is 1. The number of carbonyl (C=O) groups is 2. The summed E-state index contributed by atoms with van der Waals surface area (Å²) < 4.78 is 2.03. The molecule has 1 unspecified atom stereocenters. The zero-order valence-corrected chi connectivity index (χ0v) is 20.7. The lowest BCUT2D eigenvalue weighted by Crippen LogP contribution is -2.39. The Morgan fingerprint density at radius 2 is 1.95 bits per heavy atom. The van der Waals surface area contributed by atoms with Gasteiger partial charge in [0.25, 0.3) is 0 Å². The van der Waals surface area contributed by atoms with Gasteiger partial charge in [-0.25, -0.2) is 24.9 Å². The molecule has 7 rings (SSSR count). The Labute approximate surface area is 213 Å². The van der Waals surface area contributed by atoms with Crippen LogP contribution in [-0.2, 0) is 21.5 Å². The van der Waals surface area contributed by atoms with Gasteiger partial charge in [0.15, 0.2) is 5.65 Å². The van der Waals surface area contributed by atoms with Crippen molar-refractivity contribution < 1.29 is 9.59 Å². The van der Waals surface area contributed by atoms with Gasteiger partial charge in [0, 0.05) is 49.2 Å². The molecule has 37 heavy (non-hydrogen) atoms. The van der Waals surface area contributed by atoms with Gasteiger partial charge in [0.2, 0.25) is 11.8 Å². The molecule has 186 valence electrons. The number of hydrogen-bond acceptors (Lipinski definition) is 7. The van der Waals surface area contributed by atoms with Gasteiger partial charge in [-0.15, -0.1) is 0 Å². The molecular formula is C27H26N8O2. The lowest BCUT2D eigenvalue weighted by Gasteiger charge is -2.23. The molecule has 1 aromatic carbocycles. The van der Waals surface area contributed by atoms with Crippen LogP contribution in [-0.4, -0.2) is 59.3 Å². The van der Waals surface area contributed by atoms with E-state index in [1.54, 1.807) is 18.7 Å². The lowest BCUT2D eigenvalue weighted by molar-refractivity contribution is -0.131. The van der Waals surface area contributed by atoms with Crippen molar-refractivity contribution in [1.29, 1.82) is 0 Å². The Morgan fingerprint density at radius 1 is 1.14 bits per heavy atom. The van der Waals surface area contributed by atoms with Crippen molar-refractivity contribution in [2.24, 2.45) is 5.92 Å². The van der Waals surface area contributed by atoms with Gasteiger partial charge in [0.1, 0.15) is 29.2 Å². The van der Waals surface area contributed by atoms with E-state index in [2.05, 4.69) is 25.3 Å². The highest BCUT2D eigenvalue weighted by molar-refractivity contribution is 6.08. The van der Waals surface area contributed by atoms with E-state index < -0.39 is 5.41 Å². The molecule has 1 saturated heterocycles. The summed E-state index contributed by atoms with van der Waals surface area (Å²) in [5.74, 6) is 1.73. The zero-order valence-electron chi connectivity index (χ0n) is 20.7. The van der Waals surface area contributed by atoms with Crippen molar-refractivity contribution in [2.75, 3.05) is 18.4 Å². The van der Waals surface area contributed by atoms with Crippen LogP contribution in [0.25, 0.3) is 33.8 Å². The summed E-state index contributed by atoms with van der Waals surface area (Å²) in [6.07, 6.45) is 7.64. The van der Waals surface area contributed by atoms with Crippen LogP contribution in [0.4, 0.5) is 5.69 Å². The normalized spacial score (nSPS) is 20.6. The molecule has 10 nitrogen and oxygen atoms in total. The summed E-state index contributed by atoms with van der Waals surface area (Å²) in [6.45, 7) is 5.60. The van der Waals surface area contributed by atoms with Gasteiger partial charge < -0.3 is 14.8 Å². The number of aromatic nitrogens is 6. The van der Waals surface area contributed by atoms with Gasteiger partial charge in [-0.3, -0.25) is 9.59 Å². The molecule has 1 aliphatic carbocycles. The van der Waals surface area contributed by atoms with Gasteiger partial charge >= 0.3 is 0 Å². The van der Waals surface area contributed by atoms with Gasteiger partial charge in [-0.2, -0.15) is 0 Å². The molecule has 2 fully saturated rings. The van der Waals surface area contributed by atoms with Crippen LogP contribution in [0.3, 0.4) is 0 Å². The summed E-state index contributed by atoms with van der Waals surface area (Å²) in [7, 11) is 0. The number of anilines is 1. The summed E-state index contributed by atoms with van der Waals surface area (Å²) in [6, 6.07) is 5.93. The number of carbonyl (C=O) groups excluding carboxylic acids is 2. The fraction of sp³-hybridized carbons (Fsp3) is 0.370. The Hall–Kier alpha value is -4.21. The third-order valence-corrected chi connectivity index (χ3v) is 7.89. The maximum atomic E-state index is 13.2. The lowest BCUT2D eigenvalue weighted by atomic mass is 9.80. The quantitative estimate of drug-likeness (QED) is 0.463. The van der Waals surface area contributed by atoms with Crippen molar-refractivity contribution in [2.45, 2.75) is 45.1 Å². The van der Waals surface area contributed by atoms with Crippen LogP contribution in [0.15, 0.2) is 36.9 Å². The number of imidazole rings is 1. The average molecular weight is 495 g/mol. The van der Waals surface area contributed by atoms with E-state index in [-0.39, 0.29) is 17.7 Å². The molecule has 10 heteroatoms. The highest BCUT2D eigenvalue weighted by atomic mass is 16.2. The average Bonchev–Trinajstić information content (AvgIpc) is 3.46. The van der Waals surface area contributed by atoms with E-state index in [9.17, 15) is 9.59 Å². The Balaban J connectivity index is 1.33. The monoisotopic (exact) mass is 494 g/mol. The third kappa shape index (κ3) is 3.28. The first-order valence-electron chi connectivity index (χ1n) is 12.7. The zero-order chi connectivity index (χ0) is 25.3. The second kappa shape index (κ2) is 7.89. The van der Waals surface area contributed by atoms with Crippen LogP contribution >= 0.6 is 0 Å². The Kier molecular flexibility index (Phi) is 4.70. The second-order valence-corrected chi connectivity index (χ2v) is 10.2. The van der Waals surface area contributed by atoms with E-state index in [0.29, 0.717) is 43.1 Å². The first-order valence-corrected chi connectivity index (χ1v) is 12.7. The summed E-state index contributed by atoms with van der Waals surface area (Å²) in [5, 5.41) is 3.06. The van der Waals surface area contributed by atoms with Gasteiger partial charge in [-0.1, -0.05) is 6.07 Å². The van der Waals surface area contributed by atoms with Crippen molar-refractivity contribution in [3.8, 4) is 22.6 Å². The van der Waals surface area contributed by atoms with Gasteiger partial charge in [-0.05, 0) is 50.8 Å². The summed E-state index contributed by atoms with van der Waals surface area (Å²) >= 11 is 0. The van der Waals surface area contributed by atoms with Crippen LogP contribution in [0, 0.1) is 12.8 Å². The van der Waals surface area contributed by atoms with E-state index in [4.69, 9.17) is 4.98 Å². The van der Waals surface area contributed by atoms with Crippen LogP contribution in [0.5, 0.6) is 0 Å². The molecule has 3 aliphatic rings. The molecule has 3 aromatic heterocycles. The smallest absolute Gasteiger partial charge is 0.236 e. The number of aryl methyl sites for hydroxylation is 2. The minimum atomic E-state index is -0.727. The molecular weight excluding hydrogens is 468 g/mol. The van der Waals surface area contributed by atoms with Crippen LogP contribution in [0.1, 0.15) is 37.6 Å². The molecule has 0 bridgehead atoms. The predicted octanol–water partition coefficient (Wildman–Crippen LogP) is 3.11. The van der Waals surface area contributed by atoms with Gasteiger partial charge in [0.05, 0.1) is 11.0 Å². The van der Waals surface area contributed by atoms with Crippen molar-refractivity contribution in [3.05, 3.63) is 48.3 Å². The number of hydrogen-bond donors (Lipinski definition) is 1. The van der Waals surface area contributed by atoms with Crippen molar-refractivity contribution >= 4 is 28.7 Å². The fourth-order valence-electron chi connectivity index (χ4n) is 5.73. The van der Waals surface area contributed by atoms with Crippen LogP contribution in [0.2, 0.25) is 0 Å². The van der Waals surface area contributed by atoms with E-state index in [1.165, 1.54) is 0 Å². The number of amides is 2. The molecule has 2 aliphatic heterocycles. The molecule has 0 radical (unpaired) electrons. The molecule has 1 saturated carbocycles. The number of rotatable bonds is 4. The Morgan fingerprint density at radius 3 is 2.70 bits per heavy atom.